The van der Waals surface area contributed by atoms with Crippen LogP contribution in [0.5, 0.6) is 5.75 Å². The summed E-state index contributed by atoms with van der Waals surface area (Å²) < 4.78 is 49.4. The molecule has 0 aliphatic carbocycles. The molecule has 2 atom stereocenters. The summed E-state index contributed by atoms with van der Waals surface area (Å²) in [4.78, 5) is 39.5. The maximum atomic E-state index is 13.1. The second kappa shape index (κ2) is 16.6. The van der Waals surface area contributed by atoms with Crippen LogP contribution in [0.25, 0.3) is 0 Å². The topological polar surface area (TPSA) is 138 Å². The number of quaternary nitrogens is 1. The van der Waals surface area contributed by atoms with Crippen molar-refractivity contribution in [3.05, 3.63) is 29.8 Å². The van der Waals surface area contributed by atoms with Crippen LogP contribution in [0.1, 0.15) is 78.2 Å². The van der Waals surface area contributed by atoms with Gasteiger partial charge in [0.2, 0.25) is 10.0 Å². The molecule has 2 heterocycles. The summed E-state index contributed by atoms with van der Waals surface area (Å²) >= 11 is 0. The number of hydrogen-bond acceptors (Lipinski definition) is 9. The van der Waals surface area contributed by atoms with Crippen LogP contribution in [-0.4, -0.2) is 106 Å². The Balaban J connectivity index is 1.44. The van der Waals surface area contributed by atoms with Gasteiger partial charge in [-0.15, -0.1) is 0 Å². The maximum absolute atomic E-state index is 13.1. The number of ether oxygens (including phenoxy) is 4. The normalized spacial score (nSPS) is 19.1. The van der Waals surface area contributed by atoms with Gasteiger partial charge in [-0.2, -0.15) is 4.79 Å². The molecule has 2 unspecified atom stereocenters. The highest BCUT2D eigenvalue weighted by Gasteiger charge is 2.41. The Bertz CT molecular complexity index is 1230. The quantitative estimate of drug-likeness (QED) is 0.119. The van der Waals surface area contributed by atoms with E-state index in [1.54, 1.807) is 29.2 Å². The van der Waals surface area contributed by atoms with Crippen molar-refractivity contribution in [2.24, 2.45) is 0 Å². The molecule has 0 bridgehead atoms. The molecule has 2 fully saturated rings. The van der Waals surface area contributed by atoms with Gasteiger partial charge in [0, 0.05) is 6.54 Å². The first-order valence-electron chi connectivity index (χ1n) is 16.1. The number of hydrogen-bond donors (Lipinski definition) is 1. The van der Waals surface area contributed by atoms with Crippen LogP contribution in [0.2, 0.25) is 0 Å². The molecule has 13 heteroatoms. The molecule has 1 N–H and O–H groups in total. The Labute approximate surface area is 268 Å². The van der Waals surface area contributed by atoms with E-state index in [1.165, 1.54) is 7.11 Å². The van der Waals surface area contributed by atoms with E-state index in [9.17, 15) is 22.8 Å². The molecule has 0 radical (unpaired) electrons. The van der Waals surface area contributed by atoms with E-state index in [-0.39, 0.29) is 31.0 Å². The maximum Gasteiger partial charge on any atom is 0.516 e. The molecule has 0 aromatic heterocycles. The van der Waals surface area contributed by atoms with Crippen molar-refractivity contribution in [1.82, 2.24) is 9.62 Å². The van der Waals surface area contributed by atoms with Crippen molar-refractivity contribution in [1.29, 1.82) is 0 Å². The lowest BCUT2D eigenvalue weighted by atomic mass is 10.1. The predicted molar refractivity (Wildman–Crippen MR) is 169 cm³/mol. The van der Waals surface area contributed by atoms with Crippen LogP contribution in [0.3, 0.4) is 0 Å². The number of benzene rings is 1. The fourth-order valence-electron chi connectivity index (χ4n) is 5.61. The Morgan fingerprint density at radius 1 is 1.09 bits per heavy atom. The molecule has 1 aromatic rings. The first-order chi connectivity index (χ1) is 21.3. The number of piperidine rings is 1. The van der Waals surface area contributed by atoms with Gasteiger partial charge in [-0.3, -0.25) is 4.79 Å². The van der Waals surface area contributed by atoms with Crippen LogP contribution >= 0.6 is 0 Å². The average Bonchev–Trinajstić information content (AvgIpc) is 3.35. The summed E-state index contributed by atoms with van der Waals surface area (Å²) in [5.74, 6) is -0.149. The number of esters is 1. The number of rotatable bonds is 16. The number of carbonyl (C=O) groups is 3. The van der Waals surface area contributed by atoms with Crippen LogP contribution < -0.4 is 9.46 Å². The van der Waals surface area contributed by atoms with Crippen LogP contribution in [0.15, 0.2) is 24.3 Å². The molecular weight excluding hydrogens is 602 g/mol. The predicted octanol–water partition coefficient (Wildman–Crippen LogP) is 4.41. The van der Waals surface area contributed by atoms with Gasteiger partial charge in [-0.05, 0) is 83.4 Å². The first kappa shape index (κ1) is 36.6. The van der Waals surface area contributed by atoms with E-state index in [2.05, 4.69) is 4.72 Å². The second-order valence-electron chi connectivity index (χ2n) is 13.0. The van der Waals surface area contributed by atoms with Crippen molar-refractivity contribution < 1.29 is 46.2 Å². The van der Waals surface area contributed by atoms with Gasteiger partial charge in [0.15, 0.2) is 6.10 Å². The van der Waals surface area contributed by atoms with Gasteiger partial charge in [0.25, 0.3) is 0 Å². The summed E-state index contributed by atoms with van der Waals surface area (Å²) in [6.45, 7) is 11.0. The zero-order valence-electron chi connectivity index (χ0n) is 27.5. The van der Waals surface area contributed by atoms with Crippen molar-refractivity contribution in [3.63, 3.8) is 0 Å². The number of likely N-dealkylation sites (tertiary alicyclic amines) is 1. The minimum absolute atomic E-state index is 0.0545. The zero-order valence-corrected chi connectivity index (χ0v) is 28.4. The summed E-state index contributed by atoms with van der Waals surface area (Å²) in [7, 11) is -2.39. The van der Waals surface area contributed by atoms with E-state index in [1.807, 2.05) is 27.7 Å². The zero-order chi connectivity index (χ0) is 33.1. The number of nitrogens with one attached hydrogen (secondary N) is 1. The van der Waals surface area contributed by atoms with Gasteiger partial charge in [-0.25, -0.2) is 22.4 Å². The van der Waals surface area contributed by atoms with Gasteiger partial charge in [0.1, 0.15) is 24.0 Å². The highest BCUT2D eigenvalue weighted by molar-refractivity contribution is 7.89. The van der Waals surface area contributed by atoms with Crippen LogP contribution in [-0.2, 0) is 35.4 Å². The summed E-state index contributed by atoms with van der Waals surface area (Å²) in [6, 6.07) is 5.94. The molecule has 254 valence electrons. The fourth-order valence-corrected chi connectivity index (χ4v) is 7.01. The first-order valence-corrected chi connectivity index (χ1v) is 17.8. The van der Waals surface area contributed by atoms with E-state index < -0.39 is 33.7 Å². The number of nitrogens with zero attached hydrogens (tertiary/aromatic N) is 2. The van der Waals surface area contributed by atoms with Crippen molar-refractivity contribution in [3.8, 4) is 5.75 Å². The molecule has 2 aliphatic heterocycles. The molecule has 12 nitrogen and oxygen atoms in total. The largest absolute Gasteiger partial charge is 0.516 e. The summed E-state index contributed by atoms with van der Waals surface area (Å²) in [5, 5.41) is 0. The Morgan fingerprint density at radius 2 is 1.78 bits per heavy atom. The lowest BCUT2D eigenvalue weighted by Crippen LogP contribution is -2.57. The smallest absolute Gasteiger partial charge is 0.490 e. The van der Waals surface area contributed by atoms with Gasteiger partial charge < -0.3 is 23.8 Å². The lowest BCUT2D eigenvalue weighted by Gasteiger charge is -2.39. The number of amides is 2. The van der Waals surface area contributed by atoms with E-state index in [4.69, 9.17) is 18.9 Å². The lowest BCUT2D eigenvalue weighted by molar-refractivity contribution is -0.863. The molecule has 2 amide bonds. The molecule has 2 aliphatic rings. The van der Waals surface area contributed by atoms with Crippen LogP contribution in [0, 0.1) is 0 Å². The number of methoxy groups -OCH3 is 1. The Kier molecular flexibility index (Phi) is 13.5. The molecule has 45 heavy (non-hydrogen) atoms. The van der Waals surface area contributed by atoms with Crippen molar-refractivity contribution in [2.45, 2.75) is 96.8 Å². The standard InChI is InChI=1S/C32H52N3O9S/c1-6-7-21-45(39,40)33-28(29(36)41-5)22-25-13-15-26(16-14-25)42-24-27-23-34(30(37)43-27)17-9-12-20-35(18-10-8-11-19-35)31(38)44-32(2,3)4/h13-16,27-28,33H,6-12,17-24H2,1-5H3/q+1. The highest BCUT2D eigenvalue weighted by atomic mass is 32.2. The minimum atomic E-state index is -3.62. The van der Waals surface area contributed by atoms with Gasteiger partial charge >= 0.3 is 18.2 Å². The van der Waals surface area contributed by atoms with Gasteiger partial charge in [-0.1, -0.05) is 25.5 Å². The highest BCUT2D eigenvalue weighted by Crippen LogP contribution is 2.25. The number of carbonyl (C=O) groups excluding carboxylic acids is 3. The SMILES string of the molecule is CCCCS(=O)(=O)NC(Cc1ccc(OCC2CN(CCCC[N+]3(C(=O)OC(C)(C)C)CCCCC3)C(=O)O2)cc1)C(=O)OC. The number of cyclic esters (lactones) is 1. The third-order valence-electron chi connectivity index (χ3n) is 8.04. The van der Waals surface area contributed by atoms with Crippen LogP contribution in [0.4, 0.5) is 9.59 Å². The van der Waals surface area contributed by atoms with E-state index >= 15 is 0 Å². The summed E-state index contributed by atoms with van der Waals surface area (Å²) in [5.41, 5.74) is 0.206. The number of unbranched alkanes of at least 4 members (excludes halogenated alkanes) is 2. The molecular formula is C32H52N3O9S+. The average molecular weight is 655 g/mol. The molecule has 0 spiro atoms. The second-order valence-corrected chi connectivity index (χ2v) is 14.9. The third kappa shape index (κ3) is 11.8. The Morgan fingerprint density at radius 3 is 2.40 bits per heavy atom. The third-order valence-corrected chi connectivity index (χ3v) is 9.51. The van der Waals surface area contributed by atoms with Crippen molar-refractivity contribution >= 4 is 28.2 Å². The molecule has 2 saturated heterocycles. The van der Waals surface area contributed by atoms with E-state index in [0.29, 0.717) is 36.3 Å². The molecule has 0 saturated carbocycles. The van der Waals surface area contributed by atoms with Gasteiger partial charge in [0.05, 0.1) is 39.0 Å². The fraction of sp³-hybridized carbons (Fsp3) is 0.719. The molecule has 1 aromatic carbocycles. The minimum Gasteiger partial charge on any atom is -0.490 e. The molecule has 3 rings (SSSR count). The Hall–Kier alpha value is -2.90. The number of sulfonamides is 1. The monoisotopic (exact) mass is 654 g/mol. The summed E-state index contributed by atoms with van der Waals surface area (Å²) in [6.07, 6.45) is 5.13. The van der Waals surface area contributed by atoms with Crippen molar-refractivity contribution in [2.75, 3.05) is 52.2 Å². The van der Waals surface area contributed by atoms with E-state index in [0.717, 1.165) is 57.2 Å².